The Hall–Kier alpha value is -0.990. The van der Waals surface area contributed by atoms with Gasteiger partial charge in [-0.15, -0.1) is 0 Å². The summed E-state index contributed by atoms with van der Waals surface area (Å²) in [4.78, 5) is 12.0. The van der Waals surface area contributed by atoms with E-state index in [-0.39, 0.29) is 25.8 Å². The molecule has 0 aromatic rings. The van der Waals surface area contributed by atoms with Gasteiger partial charge in [0.1, 0.15) is 12.7 Å². The SMILES string of the molecule is CCCCCCCC/C=C\CCCCCCCC(=O)OCC(CO)(CO)COCC(O)CO. The average Bonchev–Trinajstić information content (AvgIpc) is 2.83. The second-order valence-electron chi connectivity index (χ2n) is 9.16. The van der Waals surface area contributed by atoms with E-state index in [2.05, 4.69) is 19.1 Å². The first-order valence-corrected chi connectivity index (χ1v) is 12.9. The minimum Gasteiger partial charge on any atom is -0.465 e. The number of aliphatic hydroxyl groups excluding tert-OH is 4. The van der Waals surface area contributed by atoms with E-state index in [1.807, 2.05) is 0 Å². The lowest BCUT2D eigenvalue weighted by Crippen LogP contribution is -2.41. The highest BCUT2D eigenvalue weighted by Crippen LogP contribution is 2.18. The number of carbonyl (C=O) groups excluding carboxylic acids is 1. The molecule has 0 aromatic heterocycles. The Morgan fingerprint density at radius 3 is 1.91 bits per heavy atom. The molecular weight excluding hydrogens is 424 g/mol. The van der Waals surface area contributed by atoms with Gasteiger partial charge in [0.05, 0.1) is 38.4 Å². The average molecular weight is 475 g/mol. The highest BCUT2D eigenvalue weighted by molar-refractivity contribution is 5.69. The molecule has 0 amide bonds. The molecule has 7 heteroatoms. The summed E-state index contributed by atoms with van der Waals surface area (Å²) in [6.45, 7) is 0.613. The summed E-state index contributed by atoms with van der Waals surface area (Å²) in [7, 11) is 0. The molecule has 0 bridgehead atoms. The van der Waals surface area contributed by atoms with Crippen molar-refractivity contribution >= 4 is 5.97 Å². The van der Waals surface area contributed by atoms with Gasteiger partial charge in [0.2, 0.25) is 0 Å². The van der Waals surface area contributed by atoms with Crippen LogP contribution in [0, 0.1) is 5.41 Å². The predicted molar refractivity (Wildman–Crippen MR) is 131 cm³/mol. The Morgan fingerprint density at radius 1 is 0.818 bits per heavy atom. The highest BCUT2D eigenvalue weighted by Gasteiger charge is 2.31. The summed E-state index contributed by atoms with van der Waals surface area (Å²) in [6, 6.07) is 0. The van der Waals surface area contributed by atoms with Crippen molar-refractivity contribution in [3.8, 4) is 0 Å². The van der Waals surface area contributed by atoms with Crippen molar-refractivity contribution in [2.75, 3.05) is 39.6 Å². The molecule has 0 rings (SSSR count). The molecular formula is C26H50O7. The second kappa shape index (κ2) is 22.8. The van der Waals surface area contributed by atoms with E-state index >= 15 is 0 Å². The van der Waals surface area contributed by atoms with E-state index in [1.54, 1.807) is 0 Å². The molecule has 0 saturated carbocycles. The number of aliphatic hydroxyl groups is 4. The van der Waals surface area contributed by atoms with Crippen LogP contribution < -0.4 is 0 Å². The van der Waals surface area contributed by atoms with Gasteiger partial charge in [0.15, 0.2) is 0 Å². The van der Waals surface area contributed by atoms with Gasteiger partial charge < -0.3 is 29.9 Å². The van der Waals surface area contributed by atoms with Crippen molar-refractivity contribution in [1.82, 2.24) is 0 Å². The van der Waals surface area contributed by atoms with Gasteiger partial charge in [-0.25, -0.2) is 0 Å². The Balaban J connectivity index is 3.71. The number of rotatable bonds is 24. The minimum atomic E-state index is -1.12. The number of unbranched alkanes of at least 4 members (excludes halogenated alkanes) is 11. The Bertz CT molecular complexity index is 464. The monoisotopic (exact) mass is 474 g/mol. The van der Waals surface area contributed by atoms with Crippen molar-refractivity contribution in [1.29, 1.82) is 0 Å². The van der Waals surface area contributed by atoms with E-state index in [0.717, 1.165) is 32.1 Å². The molecule has 33 heavy (non-hydrogen) atoms. The molecule has 0 aliphatic heterocycles. The van der Waals surface area contributed by atoms with Gasteiger partial charge in [0.25, 0.3) is 0 Å². The van der Waals surface area contributed by atoms with Crippen LogP contribution in [0.4, 0.5) is 0 Å². The Kier molecular flexibility index (Phi) is 22.1. The van der Waals surface area contributed by atoms with Gasteiger partial charge in [-0.05, 0) is 32.1 Å². The van der Waals surface area contributed by atoms with Crippen LogP contribution in [0.2, 0.25) is 0 Å². The van der Waals surface area contributed by atoms with Crippen LogP contribution in [0.5, 0.6) is 0 Å². The van der Waals surface area contributed by atoms with Crippen molar-refractivity contribution < 1.29 is 34.7 Å². The standard InChI is InChI=1S/C26H50O7/c1-2-3-4-5-6-7-8-9-10-11-12-13-14-15-16-17-25(31)33-23-26(20-28,21-29)22-32-19-24(30)18-27/h9-10,24,27-30H,2-8,11-23H2,1H3/b10-9-. The maximum Gasteiger partial charge on any atom is 0.305 e. The quantitative estimate of drug-likeness (QED) is 0.0952. The van der Waals surface area contributed by atoms with Crippen LogP contribution in [-0.2, 0) is 14.3 Å². The number of ether oxygens (including phenoxy) is 2. The summed E-state index contributed by atoms with van der Waals surface area (Å²) >= 11 is 0. The first-order valence-electron chi connectivity index (χ1n) is 12.9. The van der Waals surface area contributed by atoms with Crippen LogP contribution in [0.3, 0.4) is 0 Å². The van der Waals surface area contributed by atoms with Gasteiger partial charge in [-0.3, -0.25) is 4.79 Å². The topological polar surface area (TPSA) is 116 Å². The van der Waals surface area contributed by atoms with E-state index < -0.39 is 31.3 Å². The highest BCUT2D eigenvalue weighted by atomic mass is 16.5. The molecule has 0 radical (unpaired) electrons. The Morgan fingerprint density at radius 2 is 1.36 bits per heavy atom. The normalized spacial score (nSPS) is 13.0. The third kappa shape index (κ3) is 19.1. The lowest BCUT2D eigenvalue weighted by Gasteiger charge is -2.29. The summed E-state index contributed by atoms with van der Waals surface area (Å²) < 4.78 is 10.5. The maximum atomic E-state index is 12.0. The minimum absolute atomic E-state index is 0.0856. The molecule has 1 atom stereocenters. The molecule has 0 heterocycles. The zero-order valence-electron chi connectivity index (χ0n) is 20.9. The molecule has 0 spiro atoms. The molecule has 0 saturated heterocycles. The van der Waals surface area contributed by atoms with Crippen LogP contribution in [0.1, 0.15) is 96.8 Å². The van der Waals surface area contributed by atoms with Crippen molar-refractivity contribution in [3.05, 3.63) is 12.2 Å². The third-order valence-electron chi connectivity index (χ3n) is 5.78. The molecule has 4 N–H and O–H groups in total. The van der Waals surface area contributed by atoms with Gasteiger partial charge in [-0.1, -0.05) is 70.4 Å². The van der Waals surface area contributed by atoms with Gasteiger partial charge >= 0.3 is 5.97 Å². The van der Waals surface area contributed by atoms with Crippen LogP contribution in [0.25, 0.3) is 0 Å². The molecule has 7 nitrogen and oxygen atoms in total. The van der Waals surface area contributed by atoms with Crippen LogP contribution in [-0.4, -0.2) is 72.1 Å². The molecule has 196 valence electrons. The van der Waals surface area contributed by atoms with E-state index in [0.29, 0.717) is 6.42 Å². The molecule has 1 unspecified atom stereocenters. The molecule has 0 fully saturated rings. The summed E-state index contributed by atoms with van der Waals surface area (Å²) in [5.41, 5.74) is -1.12. The van der Waals surface area contributed by atoms with E-state index in [9.17, 15) is 20.1 Å². The number of esters is 1. The molecule has 0 aliphatic rings. The van der Waals surface area contributed by atoms with E-state index in [4.69, 9.17) is 14.6 Å². The van der Waals surface area contributed by atoms with Gasteiger partial charge in [-0.2, -0.15) is 0 Å². The fraction of sp³-hybridized carbons (Fsp3) is 0.885. The zero-order valence-corrected chi connectivity index (χ0v) is 20.9. The fourth-order valence-corrected chi connectivity index (χ4v) is 3.38. The predicted octanol–water partition coefficient (Wildman–Crippen LogP) is 3.91. The van der Waals surface area contributed by atoms with Crippen molar-refractivity contribution in [2.45, 2.75) is 103 Å². The lowest BCUT2D eigenvalue weighted by molar-refractivity contribution is -0.153. The molecule has 0 aliphatic carbocycles. The van der Waals surface area contributed by atoms with Crippen LogP contribution in [0.15, 0.2) is 12.2 Å². The van der Waals surface area contributed by atoms with Crippen LogP contribution >= 0.6 is 0 Å². The first kappa shape index (κ1) is 32.0. The molecule has 0 aromatic carbocycles. The first-order chi connectivity index (χ1) is 16.0. The zero-order chi connectivity index (χ0) is 24.6. The number of hydrogen-bond donors (Lipinski definition) is 4. The third-order valence-corrected chi connectivity index (χ3v) is 5.78. The fourth-order valence-electron chi connectivity index (χ4n) is 3.38. The largest absolute Gasteiger partial charge is 0.465 e. The Labute approximate surface area is 201 Å². The lowest BCUT2D eigenvalue weighted by atomic mass is 9.92. The van der Waals surface area contributed by atoms with Gasteiger partial charge in [0, 0.05) is 6.42 Å². The van der Waals surface area contributed by atoms with Crippen molar-refractivity contribution in [3.63, 3.8) is 0 Å². The summed E-state index contributed by atoms with van der Waals surface area (Å²) in [5, 5.41) is 37.2. The number of hydrogen-bond acceptors (Lipinski definition) is 7. The number of allylic oxidation sites excluding steroid dienone is 2. The smallest absolute Gasteiger partial charge is 0.305 e. The second-order valence-corrected chi connectivity index (χ2v) is 9.16. The summed E-state index contributed by atoms with van der Waals surface area (Å²) in [6.07, 6.45) is 19.4. The number of carbonyl (C=O) groups is 1. The maximum absolute atomic E-state index is 12.0. The summed E-state index contributed by atoms with van der Waals surface area (Å²) in [5.74, 6) is -0.353. The van der Waals surface area contributed by atoms with E-state index in [1.165, 1.54) is 51.4 Å². The van der Waals surface area contributed by atoms with Crippen molar-refractivity contribution in [2.24, 2.45) is 5.41 Å².